The second-order valence-electron chi connectivity index (χ2n) is 11.5. The zero-order valence-corrected chi connectivity index (χ0v) is 23.3. The van der Waals surface area contributed by atoms with Gasteiger partial charge in [0.25, 0.3) is 0 Å². The molecule has 1 amide bonds. The van der Waals surface area contributed by atoms with Crippen LogP contribution in [-0.2, 0) is 18.8 Å². The number of anilines is 1. The van der Waals surface area contributed by atoms with Crippen LogP contribution >= 0.6 is 7.75 Å². The number of carbonyl (C=O) groups excluding carboxylic acids is 1. The van der Waals surface area contributed by atoms with Crippen molar-refractivity contribution in [3.63, 3.8) is 0 Å². The maximum Gasteiger partial charge on any atom is 0.427 e. The van der Waals surface area contributed by atoms with Gasteiger partial charge in [0, 0.05) is 11.0 Å². The highest BCUT2D eigenvalue weighted by Crippen LogP contribution is 2.42. The predicted molar refractivity (Wildman–Crippen MR) is 139 cm³/mol. The fourth-order valence-corrected chi connectivity index (χ4v) is 4.51. The van der Waals surface area contributed by atoms with E-state index in [1.165, 1.54) is 19.1 Å². The van der Waals surface area contributed by atoms with Gasteiger partial charge in [0.1, 0.15) is 43.1 Å². The van der Waals surface area contributed by atoms with Gasteiger partial charge in [-0.05, 0) is 36.1 Å². The van der Waals surface area contributed by atoms with E-state index in [-0.39, 0.29) is 41.2 Å². The molecule has 7 N–H and O–H groups in total. The van der Waals surface area contributed by atoms with Crippen LogP contribution in [-0.4, -0.2) is 81.0 Å². The number of aliphatic hydroxyl groups excluding tert-OH is 3. The summed E-state index contributed by atoms with van der Waals surface area (Å²) in [6, 6.07) is 3.41. The third-order valence-electron chi connectivity index (χ3n) is 7.53. The Morgan fingerprint density at radius 2 is 1.68 bits per heavy atom. The fourth-order valence-electron chi connectivity index (χ4n) is 4.02. The molecule has 13 heteroatoms. The molecule has 12 nitrogen and oxygen atoms in total. The largest absolute Gasteiger partial charge is 0.491 e. The summed E-state index contributed by atoms with van der Waals surface area (Å²) < 4.78 is 28.1. The third kappa shape index (κ3) is 6.94. The summed E-state index contributed by atoms with van der Waals surface area (Å²) in [5.41, 5.74) is 0.319. The molecular weight excluding hydrogens is 519 g/mol. The van der Waals surface area contributed by atoms with Gasteiger partial charge in [0.05, 0.1) is 18.3 Å². The lowest BCUT2D eigenvalue weighted by atomic mass is 9.70. The summed E-state index contributed by atoms with van der Waals surface area (Å²) in [6.45, 7) is 11.9. The number of aliphatic hydroxyl groups is 3. The molecule has 1 heterocycles. The summed E-state index contributed by atoms with van der Waals surface area (Å²) in [7, 11) is -4.67. The summed E-state index contributed by atoms with van der Waals surface area (Å²) in [5, 5.41) is 36.0. The molecule has 0 radical (unpaired) electrons. The van der Waals surface area contributed by atoms with Crippen molar-refractivity contribution in [2.45, 2.75) is 78.1 Å². The number of amides is 1. The van der Waals surface area contributed by atoms with Crippen molar-refractivity contribution in [2.75, 3.05) is 18.5 Å². The average Bonchev–Trinajstić information content (AvgIpc) is 3.28. The van der Waals surface area contributed by atoms with Crippen molar-refractivity contribution >= 4 is 25.4 Å². The highest BCUT2D eigenvalue weighted by atomic mass is 31.2. The van der Waals surface area contributed by atoms with E-state index in [4.69, 9.17) is 14.2 Å². The zero-order valence-electron chi connectivity index (χ0n) is 22.4. The van der Waals surface area contributed by atoms with Crippen LogP contribution in [0.2, 0.25) is 0 Å². The number of hydrogen-bond acceptors (Lipinski definition) is 8. The van der Waals surface area contributed by atoms with E-state index in [9.17, 15) is 34.5 Å². The van der Waals surface area contributed by atoms with Crippen LogP contribution in [0.3, 0.4) is 0 Å². The number of benzene rings is 1. The number of rotatable bonds is 8. The van der Waals surface area contributed by atoms with Crippen molar-refractivity contribution < 1.29 is 48.7 Å². The molecule has 1 aromatic rings. The molecule has 1 aliphatic carbocycles. The van der Waals surface area contributed by atoms with Gasteiger partial charge in [0.15, 0.2) is 0 Å². The third-order valence-corrected chi connectivity index (χ3v) is 8.06. The van der Waals surface area contributed by atoms with Gasteiger partial charge < -0.3 is 44.6 Å². The van der Waals surface area contributed by atoms with Crippen molar-refractivity contribution in [1.29, 1.82) is 0 Å². The minimum atomic E-state index is -4.67. The zero-order chi connectivity index (χ0) is 28.6. The molecule has 0 bridgehead atoms. The van der Waals surface area contributed by atoms with Gasteiger partial charge in [-0.3, -0.25) is 9.88 Å². The molecule has 1 aliphatic heterocycles. The first kappa shape index (κ1) is 30.5. The van der Waals surface area contributed by atoms with E-state index in [1.54, 1.807) is 12.1 Å². The van der Waals surface area contributed by atoms with Gasteiger partial charge in [-0.1, -0.05) is 40.7 Å². The topological polar surface area (TPSA) is 187 Å². The molecule has 2 fully saturated rings. The van der Waals surface area contributed by atoms with Crippen LogP contribution in [0.4, 0.5) is 5.69 Å². The Bertz CT molecular complexity index is 1100. The first-order valence-corrected chi connectivity index (χ1v) is 13.9. The molecule has 38 heavy (non-hydrogen) atoms. The van der Waals surface area contributed by atoms with Crippen molar-refractivity contribution in [3.05, 3.63) is 29.3 Å². The number of hydrogen-bond donors (Lipinski definition) is 7. The lowest BCUT2D eigenvalue weighted by molar-refractivity contribution is -0.155. The second kappa shape index (κ2) is 11.2. The molecule has 0 spiro atoms. The van der Waals surface area contributed by atoms with Crippen LogP contribution in [0, 0.1) is 10.8 Å². The van der Waals surface area contributed by atoms with Gasteiger partial charge in [-0.15, -0.1) is 0 Å². The SMILES string of the molecule is C/C(=C\c1ccc(OCC(C)(C)C(C)(C)C)c(NP(=O)(O)O)c1)C(=O)N[C@@H]1[C@H](O)[C@@H](O)[C@H]2OCO[C@H]2[C@@H]1O. The highest BCUT2D eigenvalue weighted by molar-refractivity contribution is 7.53. The quantitative estimate of drug-likeness (QED) is 0.180. The number of ether oxygens (including phenoxy) is 3. The molecule has 1 saturated carbocycles. The maximum absolute atomic E-state index is 12.9. The average molecular weight is 559 g/mol. The smallest absolute Gasteiger partial charge is 0.427 e. The van der Waals surface area contributed by atoms with Gasteiger partial charge in [-0.25, -0.2) is 4.57 Å². The molecule has 214 valence electrons. The molecule has 6 atom stereocenters. The second-order valence-corrected chi connectivity index (χ2v) is 12.8. The van der Waals surface area contributed by atoms with Crippen LogP contribution in [0.15, 0.2) is 23.8 Å². The molecular formula is C25H39N2O10P. The Kier molecular flexibility index (Phi) is 9.02. The normalized spacial score (nSPS) is 28.6. The lowest BCUT2D eigenvalue weighted by Crippen LogP contribution is -2.67. The summed E-state index contributed by atoms with van der Waals surface area (Å²) >= 11 is 0. The summed E-state index contributed by atoms with van der Waals surface area (Å²) in [4.78, 5) is 31.9. The van der Waals surface area contributed by atoms with Crippen LogP contribution in [0.1, 0.15) is 47.1 Å². The summed E-state index contributed by atoms with van der Waals surface area (Å²) in [6.07, 6.45) is -4.50. The standard InChI is InChI=1S/C25H39N2O10P/c1-13(23(31)26-17-18(28)20(30)22-21(19(17)29)36-12-37-22)9-14-7-8-16(15(10-14)27-38(32,33)34)35-11-25(5,6)24(2,3)4/h7-10,17-22,28-30H,11-12H2,1-6H3,(H,26,31)(H3,27,32,33,34)/b13-9+/t17-,18+,19-,20-,21+,22-/m1/s1. The van der Waals surface area contributed by atoms with Gasteiger partial charge in [-0.2, -0.15) is 0 Å². The van der Waals surface area contributed by atoms with Crippen LogP contribution < -0.4 is 15.1 Å². The molecule has 1 aromatic carbocycles. The van der Waals surface area contributed by atoms with Crippen LogP contribution in [0.25, 0.3) is 6.08 Å². The predicted octanol–water partition coefficient (Wildman–Crippen LogP) is 1.37. The molecule has 0 unspecified atom stereocenters. The Balaban J connectivity index is 1.79. The van der Waals surface area contributed by atoms with Crippen molar-refractivity contribution in [2.24, 2.45) is 10.8 Å². The Morgan fingerprint density at radius 3 is 2.26 bits per heavy atom. The fraction of sp³-hybridized carbons (Fsp3) is 0.640. The van der Waals surface area contributed by atoms with Gasteiger partial charge in [0.2, 0.25) is 5.91 Å². The van der Waals surface area contributed by atoms with E-state index < -0.39 is 50.2 Å². The van der Waals surface area contributed by atoms with Crippen molar-refractivity contribution in [3.8, 4) is 5.75 Å². The van der Waals surface area contributed by atoms with E-state index >= 15 is 0 Å². The van der Waals surface area contributed by atoms with E-state index in [2.05, 4.69) is 31.2 Å². The molecule has 2 aliphatic rings. The lowest BCUT2D eigenvalue weighted by Gasteiger charge is -2.41. The molecule has 1 saturated heterocycles. The number of fused-ring (bicyclic) bond motifs is 1. The first-order chi connectivity index (χ1) is 17.4. The monoisotopic (exact) mass is 558 g/mol. The first-order valence-electron chi connectivity index (χ1n) is 12.3. The Hall–Kier alpha value is -2.02. The van der Waals surface area contributed by atoms with E-state index in [0.29, 0.717) is 5.56 Å². The minimum absolute atomic E-state index is 0.0515. The highest BCUT2D eigenvalue weighted by Gasteiger charge is 2.53. The van der Waals surface area contributed by atoms with E-state index in [1.807, 2.05) is 13.8 Å². The van der Waals surface area contributed by atoms with Gasteiger partial charge >= 0.3 is 7.75 Å². The maximum atomic E-state index is 12.9. The number of nitrogens with one attached hydrogen (secondary N) is 2. The minimum Gasteiger partial charge on any atom is -0.491 e. The summed E-state index contributed by atoms with van der Waals surface area (Å²) in [5.74, 6) is -0.393. The van der Waals surface area contributed by atoms with E-state index in [0.717, 1.165) is 0 Å². The molecule has 3 rings (SSSR count). The molecule has 0 aromatic heterocycles. The number of carbonyl (C=O) groups is 1. The Labute approximate surface area is 222 Å². The Morgan fingerprint density at radius 1 is 1.08 bits per heavy atom. The van der Waals surface area contributed by atoms with Crippen LogP contribution in [0.5, 0.6) is 5.75 Å². The van der Waals surface area contributed by atoms with Crippen molar-refractivity contribution in [1.82, 2.24) is 5.32 Å².